The van der Waals surface area contributed by atoms with Crippen LogP contribution in [-0.4, -0.2) is 24.0 Å². The zero-order chi connectivity index (χ0) is 13.7. The Balaban J connectivity index is 1.97. The van der Waals surface area contributed by atoms with Crippen molar-refractivity contribution in [1.29, 1.82) is 0 Å². The number of hydrogen-bond donors (Lipinski definition) is 1. The van der Waals surface area contributed by atoms with Crippen molar-refractivity contribution in [2.45, 2.75) is 13.1 Å². The quantitative estimate of drug-likeness (QED) is 0.860. The number of methoxy groups -OCH3 is 2. The third-order valence-electron chi connectivity index (χ3n) is 3.04. The van der Waals surface area contributed by atoms with Crippen LogP contribution < -0.4 is 14.8 Å². The van der Waals surface area contributed by atoms with Crippen LogP contribution in [0.2, 0.25) is 0 Å². The summed E-state index contributed by atoms with van der Waals surface area (Å²) in [7, 11) is 5.25. The topological polar surface area (TPSA) is 48.3 Å². The molecule has 2 rings (SSSR count). The van der Waals surface area contributed by atoms with Gasteiger partial charge >= 0.3 is 0 Å². The lowest BCUT2D eigenvalue weighted by atomic mass is 10.2. The highest BCUT2D eigenvalue weighted by molar-refractivity contribution is 5.40. The minimum atomic E-state index is 0.734. The highest BCUT2D eigenvalue weighted by Crippen LogP contribution is 2.24. The van der Waals surface area contributed by atoms with E-state index in [1.165, 1.54) is 0 Å². The lowest BCUT2D eigenvalue weighted by Crippen LogP contribution is -2.15. The molecule has 0 aliphatic heterocycles. The molecule has 102 valence electrons. The average Bonchev–Trinajstić information content (AvgIpc) is 2.84. The van der Waals surface area contributed by atoms with Gasteiger partial charge in [-0.05, 0) is 12.1 Å². The zero-order valence-electron chi connectivity index (χ0n) is 11.5. The van der Waals surface area contributed by atoms with Gasteiger partial charge < -0.3 is 14.8 Å². The molecule has 0 spiro atoms. The monoisotopic (exact) mass is 261 g/mol. The molecule has 0 atom stereocenters. The molecule has 0 saturated carbocycles. The van der Waals surface area contributed by atoms with Crippen molar-refractivity contribution < 1.29 is 9.47 Å². The van der Waals surface area contributed by atoms with Gasteiger partial charge in [0.15, 0.2) is 0 Å². The summed E-state index contributed by atoms with van der Waals surface area (Å²) in [6.45, 7) is 1.50. The number of ether oxygens (including phenoxy) is 2. The van der Waals surface area contributed by atoms with Crippen molar-refractivity contribution in [2.75, 3.05) is 14.2 Å². The van der Waals surface area contributed by atoms with Crippen LogP contribution in [0.1, 0.15) is 11.3 Å². The lowest BCUT2D eigenvalue weighted by molar-refractivity contribution is 0.389. The Labute approximate surface area is 113 Å². The molecule has 1 aromatic heterocycles. The molecule has 2 aromatic rings. The van der Waals surface area contributed by atoms with Gasteiger partial charge in [0.05, 0.1) is 19.9 Å². The van der Waals surface area contributed by atoms with Crippen molar-refractivity contribution in [2.24, 2.45) is 7.05 Å². The van der Waals surface area contributed by atoms with Crippen LogP contribution in [0.3, 0.4) is 0 Å². The number of benzene rings is 1. The van der Waals surface area contributed by atoms with E-state index in [0.29, 0.717) is 0 Å². The van der Waals surface area contributed by atoms with E-state index in [0.717, 1.165) is 35.8 Å². The second kappa shape index (κ2) is 6.24. The smallest absolute Gasteiger partial charge is 0.127 e. The second-order valence-corrected chi connectivity index (χ2v) is 4.23. The number of nitrogens with one attached hydrogen (secondary N) is 1. The molecule has 1 heterocycles. The third kappa shape index (κ3) is 3.26. The molecule has 5 nitrogen and oxygen atoms in total. The van der Waals surface area contributed by atoms with E-state index in [1.54, 1.807) is 20.4 Å². The first-order chi connectivity index (χ1) is 9.24. The number of nitrogens with zero attached hydrogens (tertiary/aromatic N) is 2. The highest BCUT2D eigenvalue weighted by Gasteiger charge is 2.05. The van der Waals surface area contributed by atoms with Crippen LogP contribution in [0, 0.1) is 0 Å². The molecule has 0 unspecified atom stereocenters. The molecule has 5 heteroatoms. The van der Waals surface area contributed by atoms with Crippen LogP contribution in [0.25, 0.3) is 0 Å². The van der Waals surface area contributed by atoms with Crippen molar-refractivity contribution in [3.63, 3.8) is 0 Å². The van der Waals surface area contributed by atoms with Crippen molar-refractivity contribution in [3.05, 3.63) is 41.7 Å². The lowest BCUT2D eigenvalue weighted by Gasteiger charge is -2.11. The standard InChI is InChI=1S/C14H19N3O2/c1-17-12(6-7-16-17)10-15-9-11-4-5-13(18-2)8-14(11)19-3/h4-8,15H,9-10H2,1-3H3. The first-order valence-corrected chi connectivity index (χ1v) is 6.13. The zero-order valence-corrected chi connectivity index (χ0v) is 11.5. The molecule has 0 fully saturated rings. The van der Waals surface area contributed by atoms with Gasteiger partial charge in [-0.15, -0.1) is 0 Å². The molecule has 0 radical (unpaired) electrons. The SMILES string of the molecule is COc1ccc(CNCc2ccnn2C)c(OC)c1. The molecule has 1 N–H and O–H groups in total. The molecule has 19 heavy (non-hydrogen) atoms. The molecule has 0 bridgehead atoms. The molecule has 1 aromatic carbocycles. The normalized spacial score (nSPS) is 10.5. The number of hydrogen-bond acceptors (Lipinski definition) is 4. The first kappa shape index (κ1) is 13.4. The summed E-state index contributed by atoms with van der Waals surface area (Å²) in [5, 5.41) is 7.51. The Morgan fingerprint density at radius 1 is 1.16 bits per heavy atom. The van der Waals surface area contributed by atoms with Crippen LogP contribution in [0.5, 0.6) is 11.5 Å². The highest BCUT2D eigenvalue weighted by atomic mass is 16.5. The van der Waals surface area contributed by atoms with Crippen LogP contribution in [0.15, 0.2) is 30.5 Å². The maximum Gasteiger partial charge on any atom is 0.127 e. The second-order valence-electron chi connectivity index (χ2n) is 4.23. The summed E-state index contributed by atoms with van der Waals surface area (Å²) in [4.78, 5) is 0. The van der Waals surface area contributed by atoms with Gasteiger partial charge in [0, 0.05) is 38.0 Å². The fraction of sp³-hybridized carbons (Fsp3) is 0.357. The summed E-state index contributed by atoms with van der Waals surface area (Å²) in [5.74, 6) is 1.63. The summed E-state index contributed by atoms with van der Waals surface area (Å²) in [5.41, 5.74) is 2.25. The van der Waals surface area contributed by atoms with Gasteiger partial charge in [0.25, 0.3) is 0 Å². The van der Waals surface area contributed by atoms with Crippen molar-refractivity contribution in [3.8, 4) is 11.5 Å². The molecular formula is C14H19N3O2. The Morgan fingerprint density at radius 3 is 2.63 bits per heavy atom. The first-order valence-electron chi connectivity index (χ1n) is 6.13. The van der Waals surface area contributed by atoms with Gasteiger partial charge in [-0.1, -0.05) is 6.07 Å². The van der Waals surface area contributed by atoms with Gasteiger partial charge in [-0.2, -0.15) is 5.10 Å². The fourth-order valence-electron chi connectivity index (χ4n) is 1.90. The van der Waals surface area contributed by atoms with Crippen molar-refractivity contribution in [1.82, 2.24) is 15.1 Å². The Kier molecular flexibility index (Phi) is 4.41. The van der Waals surface area contributed by atoms with E-state index in [-0.39, 0.29) is 0 Å². The molecule has 0 aliphatic rings. The maximum absolute atomic E-state index is 5.36. The number of rotatable bonds is 6. The van der Waals surface area contributed by atoms with E-state index in [2.05, 4.69) is 10.4 Å². The van der Waals surface area contributed by atoms with E-state index >= 15 is 0 Å². The van der Waals surface area contributed by atoms with Gasteiger partial charge in [0.1, 0.15) is 11.5 Å². The minimum Gasteiger partial charge on any atom is -0.497 e. The van der Waals surface area contributed by atoms with E-state index < -0.39 is 0 Å². The third-order valence-corrected chi connectivity index (χ3v) is 3.04. The van der Waals surface area contributed by atoms with Crippen LogP contribution in [0.4, 0.5) is 0 Å². The molecular weight excluding hydrogens is 242 g/mol. The summed E-state index contributed by atoms with van der Waals surface area (Å²) in [6, 6.07) is 7.83. The predicted octanol–water partition coefficient (Wildman–Crippen LogP) is 1.73. The summed E-state index contributed by atoms with van der Waals surface area (Å²) < 4.78 is 12.4. The molecule has 0 aliphatic carbocycles. The average molecular weight is 261 g/mol. The predicted molar refractivity (Wildman–Crippen MR) is 73.3 cm³/mol. The van der Waals surface area contributed by atoms with E-state index in [1.807, 2.05) is 36.0 Å². The summed E-state index contributed by atoms with van der Waals surface area (Å²) >= 11 is 0. The van der Waals surface area contributed by atoms with Crippen LogP contribution >= 0.6 is 0 Å². The van der Waals surface area contributed by atoms with Gasteiger partial charge in [0.2, 0.25) is 0 Å². The number of aryl methyl sites for hydroxylation is 1. The fourth-order valence-corrected chi connectivity index (χ4v) is 1.90. The van der Waals surface area contributed by atoms with Crippen LogP contribution in [-0.2, 0) is 20.1 Å². The molecule has 0 amide bonds. The molecule has 0 saturated heterocycles. The minimum absolute atomic E-state index is 0.734. The van der Waals surface area contributed by atoms with Crippen molar-refractivity contribution >= 4 is 0 Å². The van der Waals surface area contributed by atoms with Gasteiger partial charge in [-0.3, -0.25) is 4.68 Å². The number of aromatic nitrogens is 2. The Bertz CT molecular complexity index is 537. The summed E-state index contributed by atoms with van der Waals surface area (Å²) in [6.07, 6.45) is 1.80. The van der Waals surface area contributed by atoms with E-state index in [9.17, 15) is 0 Å². The maximum atomic E-state index is 5.36. The van der Waals surface area contributed by atoms with Gasteiger partial charge in [-0.25, -0.2) is 0 Å². The Hall–Kier alpha value is -2.01. The Morgan fingerprint density at radius 2 is 2.00 bits per heavy atom. The van der Waals surface area contributed by atoms with E-state index in [4.69, 9.17) is 9.47 Å². The largest absolute Gasteiger partial charge is 0.497 e.